The number of rotatable bonds is 11. The number of ether oxygens (including phenoxy) is 1. The maximum Gasteiger partial charge on any atom is 0.250 e. The van der Waals surface area contributed by atoms with Crippen LogP contribution in [0.15, 0.2) is 59.1 Å². The Balaban J connectivity index is 1.41. The van der Waals surface area contributed by atoms with Gasteiger partial charge in [-0.15, -0.1) is 0 Å². The zero-order chi connectivity index (χ0) is 28.7. The van der Waals surface area contributed by atoms with Crippen molar-refractivity contribution in [2.24, 2.45) is 4.99 Å². The zero-order valence-corrected chi connectivity index (χ0v) is 23.4. The van der Waals surface area contributed by atoms with Crippen LogP contribution in [0.4, 0.5) is 20.4 Å². The summed E-state index contributed by atoms with van der Waals surface area (Å²) < 4.78 is 32.4. The molecule has 11 heteroatoms. The molecule has 1 aromatic heterocycles. The summed E-state index contributed by atoms with van der Waals surface area (Å²) in [6.07, 6.45) is 6.47. The number of aliphatic imine (C=N–C) groups is 1. The Bertz CT molecular complexity index is 1250. The van der Waals surface area contributed by atoms with Gasteiger partial charge in [-0.05, 0) is 43.8 Å². The minimum Gasteiger partial charge on any atom is -0.480 e. The summed E-state index contributed by atoms with van der Waals surface area (Å²) in [5.74, 6) is -1.66. The molecule has 9 nitrogen and oxygen atoms in total. The Morgan fingerprint density at radius 2 is 1.98 bits per heavy atom. The summed E-state index contributed by atoms with van der Waals surface area (Å²) in [4.78, 5) is 30.9. The van der Waals surface area contributed by atoms with Gasteiger partial charge in [0.2, 0.25) is 17.7 Å². The molecule has 2 saturated heterocycles. The molecule has 0 spiro atoms. The summed E-state index contributed by atoms with van der Waals surface area (Å²) >= 11 is 0. The fourth-order valence-electron chi connectivity index (χ4n) is 4.76. The molecular weight excluding hydrogens is 516 g/mol. The third-order valence-corrected chi connectivity index (χ3v) is 7.30. The van der Waals surface area contributed by atoms with Gasteiger partial charge >= 0.3 is 0 Å². The summed E-state index contributed by atoms with van der Waals surface area (Å²) in [7, 11) is 3.51. The van der Waals surface area contributed by atoms with Gasteiger partial charge in [0, 0.05) is 82.8 Å². The molecule has 2 aliphatic heterocycles. The molecule has 2 fully saturated rings. The Hall–Kier alpha value is -3.86. The maximum absolute atomic E-state index is 13.4. The largest absolute Gasteiger partial charge is 0.480 e. The first-order valence-corrected chi connectivity index (χ1v) is 13.4. The molecule has 1 N–H and O–H groups in total. The lowest BCUT2D eigenvalue weighted by Crippen LogP contribution is -2.42. The number of anilines is 2. The predicted octanol–water partition coefficient (Wildman–Crippen LogP) is 4.80. The average molecular weight is 554 g/mol. The van der Waals surface area contributed by atoms with E-state index in [0.29, 0.717) is 50.1 Å². The number of hydrogen-bond donors (Lipinski definition) is 1. The second-order valence-electron chi connectivity index (χ2n) is 10.1. The number of hydrogen-bond acceptors (Lipinski definition) is 8. The molecule has 0 aliphatic carbocycles. The smallest absolute Gasteiger partial charge is 0.250 e. The van der Waals surface area contributed by atoms with Gasteiger partial charge in [-0.2, -0.15) is 4.98 Å². The van der Waals surface area contributed by atoms with Crippen molar-refractivity contribution in [1.29, 1.82) is 0 Å². The van der Waals surface area contributed by atoms with E-state index in [4.69, 9.17) is 4.74 Å². The van der Waals surface area contributed by atoms with Gasteiger partial charge in [0.25, 0.3) is 5.92 Å². The number of aromatic nitrogens is 2. The van der Waals surface area contributed by atoms with Crippen molar-refractivity contribution in [2.75, 3.05) is 57.1 Å². The van der Waals surface area contributed by atoms with Crippen LogP contribution in [0.25, 0.3) is 11.1 Å². The van der Waals surface area contributed by atoms with Crippen molar-refractivity contribution >= 4 is 24.3 Å². The second kappa shape index (κ2) is 13.0. The van der Waals surface area contributed by atoms with E-state index < -0.39 is 5.92 Å². The van der Waals surface area contributed by atoms with Gasteiger partial charge < -0.3 is 24.8 Å². The van der Waals surface area contributed by atoms with Crippen LogP contribution in [0.1, 0.15) is 32.6 Å². The SMILES string of the molecule is C=N/C=C(\C=C(/C)N(C)CCN1CCC(F)(F)CC1)Nc1ncc(-c2ccc(N3CCCC3=O)cc2)c(OC)n1. The molecule has 214 valence electrons. The molecule has 2 aromatic rings. The molecule has 3 heterocycles. The molecule has 2 aliphatic rings. The Morgan fingerprint density at radius 3 is 2.60 bits per heavy atom. The van der Waals surface area contributed by atoms with E-state index in [1.165, 1.54) is 0 Å². The van der Waals surface area contributed by atoms with Crippen molar-refractivity contribution in [3.63, 3.8) is 0 Å². The normalized spacial score (nSPS) is 18.1. The highest BCUT2D eigenvalue weighted by Gasteiger charge is 2.33. The number of benzene rings is 1. The first-order chi connectivity index (χ1) is 19.2. The number of nitrogens with zero attached hydrogens (tertiary/aromatic N) is 6. The van der Waals surface area contributed by atoms with Crippen LogP contribution in [0, 0.1) is 0 Å². The molecule has 0 atom stereocenters. The van der Waals surface area contributed by atoms with Gasteiger partial charge in [0.15, 0.2) is 0 Å². The Morgan fingerprint density at radius 1 is 1.25 bits per heavy atom. The van der Waals surface area contributed by atoms with Crippen molar-refractivity contribution in [1.82, 2.24) is 19.8 Å². The number of carbonyl (C=O) groups excluding carboxylic acids is 1. The Labute approximate surface area is 234 Å². The fourth-order valence-corrected chi connectivity index (χ4v) is 4.76. The molecular formula is C29H37F2N7O2. The number of amides is 1. The minimum atomic E-state index is -2.54. The van der Waals surface area contributed by atoms with Crippen LogP contribution >= 0.6 is 0 Å². The van der Waals surface area contributed by atoms with E-state index in [1.54, 1.807) is 24.4 Å². The number of likely N-dealkylation sites (N-methyl/N-ethyl adjacent to an activating group) is 1. The highest BCUT2D eigenvalue weighted by molar-refractivity contribution is 5.95. The van der Waals surface area contributed by atoms with E-state index >= 15 is 0 Å². The zero-order valence-electron chi connectivity index (χ0n) is 23.4. The molecule has 1 amide bonds. The molecule has 0 radical (unpaired) electrons. The van der Waals surface area contributed by atoms with E-state index in [0.717, 1.165) is 35.5 Å². The van der Waals surface area contributed by atoms with Crippen LogP contribution in [-0.4, -0.2) is 85.2 Å². The molecule has 0 unspecified atom stereocenters. The molecule has 0 saturated carbocycles. The molecule has 40 heavy (non-hydrogen) atoms. The van der Waals surface area contributed by atoms with E-state index in [-0.39, 0.29) is 18.7 Å². The number of likely N-dealkylation sites (tertiary alicyclic amines) is 1. The fraction of sp³-hybridized carbons (Fsp3) is 0.448. The number of carbonyl (C=O) groups is 1. The third kappa shape index (κ3) is 7.41. The van der Waals surface area contributed by atoms with Crippen LogP contribution in [0.3, 0.4) is 0 Å². The second-order valence-corrected chi connectivity index (χ2v) is 10.1. The Kier molecular flexibility index (Phi) is 9.46. The van der Waals surface area contributed by atoms with Gasteiger partial charge in [0.05, 0.1) is 18.4 Å². The lowest BCUT2D eigenvalue weighted by molar-refractivity contribution is -0.117. The number of piperidine rings is 1. The van der Waals surface area contributed by atoms with Crippen molar-refractivity contribution in [3.8, 4) is 17.0 Å². The minimum absolute atomic E-state index is 0.0828. The van der Waals surface area contributed by atoms with Crippen LogP contribution in [0.2, 0.25) is 0 Å². The predicted molar refractivity (Wildman–Crippen MR) is 154 cm³/mol. The van der Waals surface area contributed by atoms with Crippen molar-refractivity contribution < 1.29 is 18.3 Å². The highest BCUT2D eigenvalue weighted by atomic mass is 19.3. The summed E-state index contributed by atoms with van der Waals surface area (Å²) in [6.45, 7) is 8.50. The number of alkyl halides is 2. The highest BCUT2D eigenvalue weighted by Crippen LogP contribution is 2.31. The summed E-state index contributed by atoms with van der Waals surface area (Å²) in [5, 5.41) is 3.17. The van der Waals surface area contributed by atoms with Crippen molar-refractivity contribution in [2.45, 2.75) is 38.5 Å². The number of allylic oxidation sites excluding steroid dienone is 2. The van der Waals surface area contributed by atoms with E-state index in [9.17, 15) is 13.6 Å². The van der Waals surface area contributed by atoms with Crippen LogP contribution in [0.5, 0.6) is 5.88 Å². The van der Waals surface area contributed by atoms with Gasteiger partial charge in [-0.3, -0.25) is 9.79 Å². The maximum atomic E-state index is 13.4. The van der Waals surface area contributed by atoms with Crippen LogP contribution in [-0.2, 0) is 4.79 Å². The van der Waals surface area contributed by atoms with Crippen LogP contribution < -0.4 is 15.0 Å². The topological polar surface area (TPSA) is 86.2 Å². The van der Waals surface area contributed by atoms with Gasteiger partial charge in [0.1, 0.15) is 0 Å². The third-order valence-electron chi connectivity index (χ3n) is 7.30. The monoisotopic (exact) mass is 553 g/mol. The number of methoxy groups -OCH3 is 1. The molecule has 1 aromatic carbocycles. The lowest BCUT2D eigenvalue weighted by Gasteiger charge is -2.33. The number of nitrogens with one attached hydrogen (secondary N) is 1. The standard InChI is InChI=1S/C29H37F2N7O2/c1-21(36(3)16-17-37-14-11-29(30,31)12-15-37)18-23(19-32-2)34-28-33-20-25(27(35-28)40-4)22-7-9-24(10-8-22)38-13-5-6-26(38)39/h7-10,18-20H,2,5-6,11-17H2,1,3-4H3,(H,33,34,35)/b21-18+,23-19+. The van der Waals surface area contributed by atoms with E-state index in [2.05, 4.69) is 36.8 Å². The lowest BCUT2D eigenvalue weighted by atomic mass is 10.1. The molecule has 4 rings (SSSR count). The first-order valence-electron chi connectivity index (χ1n) is 13.4. The summed E-state index contributed by atoms with van der Waals surface area (Å²) in [6, 6.07) is 7.70. The van der Waals surface area contributed by atoms with Gasteiger partial charge in [-0.25, -0.2) is 13.8 Å². The van der Waals surface area contributed by atoms with Crippen molar-refractivity contribution in [3.05, 3.63) is 54.1 Å². The molecule has 0 bridgehead atoms. The number of halogens is 2. The van der Waals surface area contributed by atoms with E-state index in [1.807, 2.05) is 44.3 Å². The van der Waals surface area contributed by atoms with Gasteiger partial charge in [-0.1, -0.05) is 12.1 Å². The first kappa shape index (κ1) is 29.1. The summed E-state index contributed by atoms with van der Waals surface area (Å²) in [5.41, 5.74) is 4.05. The average Bonchev–Trinajstić information content (AvgIpc) is 3.38. The quantitative estimate of drug-likeness (QED) is 0.316.